The molecule has 2 amide bonds. The van der Waals surface area contributed by atoms with Gasteiger partial charge in [0.25, 0.3) is 0 Å². The van der Waals surface area contributed by atoms with E-state index in [1.54, 1.807) is 0 Å². The van der Waals surface area contributed by atoms with Crippen LogP contribution in [0.1, 0.15) is 18.0 Å². The van der Waals surface area contributed by atoms with Gasteiger partial charge in [-0.2, -0.15) is 0 Å². The lowest BCUT2D eigenvalue weighted by Gasteiger charge is -2.18. The van der Waals surface area contributed by atoms with Gasteiger partial charge in [-0.3, -0.25) is 9.59 Å². The van der Waals surface area contributed by atoms with Gasteiger partial charge in [0.15, 0.2) is 23.3 Å². The molecule has 7 nitrogen and oxygen atoms in total. The van der Waals surface area contributed by atoms with Crippen molar-refractivity contribution in [2.75, 3.05) is 13.6 Å². The second-order valence-corrected chi connectivity index (χ2v) is 7.78. The summed E-state index contributed by atoms with van der Waals surface area (Å²) in [6.07, 6.45) is -0.430. The zero-order valence-electron chi connectivity index (χ0n) is 15.5. The monoisotopic (exact) mass is 447 g/mol. The molecule has 1 unspecified atom stereocenters. The Bertz CT molecular complexity index is 1060. The molecule has 0 aliphatic carbocycles. The molecule has 0 saturated heterocycles. The summed E-state index contributed by atoms with van der Waals surface area (Å²) in [6.45, 7) is -0.425. The largest absolute Gasteiger partial charge is 0.357 e. The van der Waals surface area contributed by atoms with Crippen molar-refractivity contribution in [3.05, 3.63) is 65.2 Å². The Morgan fingerprint density at radius 3 is 2.10 bits per heavy atom. The minimum Gasteiger partial charge on any atom is -0.357 e. The molecule has 3 N–H and O–H groups in total. The van der Waals surface area contributed by atoms with Gasteiger partial charge in [-0.1, -0.05) is 6.07 Å². The molecule has 30 heavy (non-hydrogen) atoms. The molecular weight excluding hydrogens is 430 g/mol. The first-order chi connectivity index (χ1) is 14.0. The quantitative estimate of drug-likeness (QED) is 0.534. The van der Waals surface area contributed by atoms with Gasteiger partial charge in [-0.05, 0) is 35.9 Å². The third kappa shape index (κ3) is 5.76. The van der Waals surface area contributed by atoms with Gasteiger partial charge in [0.2, 0.25) is 21.8 Å². The SMILES string of the molecule is CNC(=O)C(NC(=O)CCNS(=O)(=O)c1ccc(F)c(F)c1)c1ccc(F)c(F)c1. The predicted molar refractivity (Wildman–Crippen MR) is 97.5 cm³/mol. The molecule has 2 rings (SSSR count). The third-order valence-electron chi connectivity index (χ3n) is 3.94. The van der Waals surface area contributed by atoms with Crippen LogP contribution in [0.4, 0.5) is 17.6 Å². The van der Waals surface area contributed by atoms with E-state index in [-0.39, 0.29) is 5.56 Å². The van der Waals surface area contributed by atoms with Crippen LogP contribution in [-0.2, 0) is 19.6 Å². The number of amides is 2. The number of halogens is 4. The van der Waals surface area contributed by atoms with E-state index in [0.29, 0.717) is 12.1 Å². The van der Waals surface area contributed by atoms with Gasteiger partial charge in [-0.15, -0.1) is 0 Å². The molecule has 2 aromatic carbocycles. The smallest absolute Gasteiger partial charge is 0.246 e. The van der Waals surface area contributed by atoms with Crippen molar-refractivity contribution in [3.63, 3.8) is 0 Å². The average molecular weight is 447 g/mol. The van der Waals surface area contributed by atoms with Crippen LogP contribution in [0.5, 0.6) is 0 Å². The van der Waals surface area contributed by atoms with E-state index in [1.165, 1.54) is 7.05 Å². The number of hydrogen-bond donors (Lipinski definition) is 3. The minimum atomic E-state index is -4.21. The maximum absolute atomic E-state index is 13.4. The van der Waals surface area contributed by atoms with Crippen LogP contribution < -0.4 is 15.4 Å². The molecule has 12 heteroatoms. The molecule has 0 aromatic heterocycles. The molecule has 0 fully saturated rings. The molecule has 1 atom stereocenters. The first-order valence-electron chi connectivity index (χ1n) is 8.45. The zero-order valence-corrected chi connectivity index (χ0v) is 16.3. The van der Waals surface area contributed by atoms with Crippen LogP contribution in [0.2, 0.25) is 0 Å². The Kier molecular flexibility index (Phi) is 7.51. The first-order valence-corrected chi connectivity index (χ1v) is 9.94. The fourth-order valence-corrected chi connectivity index (χ4v) is 3.44. The van der Waals surface area contributed by atoms with E-state index in [2.05, 4.69) is 10.6 Å². The van der Waals surface area contributed by atoms with Gasteiger partial charge >= 0.3 is 0 Å². The third-order valence-corrected chi connectivity index (χ3v) is 5.40. The molecule has 0 bridgehead atoms. The van der Waals surface area contributed by atoms with E-state index in [1.807, 2.05) is 4.72 Å². The van der Waals surface area contributed by atoms with Crippen molar-refractivity contribution < 1.29 is 35.6 Å². The van der Waals surface area contributed by atoms with Gasteiger partial charge in [0.1, 0.15) is 6.04 Å². The van der Waals surface area contributed by atoms with E-state index < -0.39 is 69.0 Å². The van der Waals surface area contributed by atoms with Crippen LogP contribution in [0, 0.1) is 23.3 Å². The zero-order chi connectivity index (χ0) is 22.5. The van der Waals surface area contributed by atoms with E-state index in [0.717, 1.165) is 24.3 Å². The number of nitrogens with one attached hydrogen (secondary N) is 3. The van der Waals surface area contributed by atoms with Crippen molar-refractivity contribution in [1.82, 2.24) is 15.4 Å². The van der Waals surface area contributed by atoms with Crippen LogP contribution in [0.3, 0.4) is 0 Å². The molecule has 0 saturated carbocycles. The van der Waals surface area contributed by atoms with Crippen molar-refractivity contribution in [1.29, 1.82) is 0 Å². The van der Waals surface area contributed by atoms with Crippen LogP contribution >= 0.6 is 0 Å². The molecule has 0 heterocycles. The lowest BCUT2D eigenvalue weighted by atomic mass is 10.1. The lowest BCUT2D eigenvalue weighted by Crippen LogP contribution is -2.40. The highest BCUT2D eigenvalue weighted by Crippen LogP contribution is 2.17. The summed E-state index contributed by atoms with van der Waals surface area (Å²) >= 11 is 0. The number of hydrogen-bond acceptors (Lipinski definition) is 4. The number of sulfonamides is 1. The molecule has 0 spiro atoms. The number of likely N-dealkylation sites (N-methyl/N-ethyl adjacent to an activating group) is 1. The van der Waals surface area contributed by atoms with Crippen LogP contribution in [-0.4, -0.2) is 33.8 Å². The molecule has 2 aromatic rings. The first kappa shape index (κ1) is 23.3. The Morgan fingerprint density at radius 1 is 0.933 bits per heavy atom. The maximum atomic E-state index is 13.4. The van der Waals surface area contributed by atoms with Crippen molar-refractivity contribution >= 4 is 21.8 Å². The van der Waals surface area contributed by atoms with Gasteiger partial charge in [-0.25, -0.2) is 30.7 Å². The summed E-state index contributed by atoms with van der Waals surface area (Å²) in [7, 11) is -2.94. The molecule has 0 aliphatic heterocycles. The van der Waals surface area contributed by atoms with E-state index >= 15 is 0 Å². The molecule has 0 radical (unpaired) electrons. The standard InChI is InChI=1S/C18H17F4N3O4S/c1-23-18(27)17(10-2-4-12(19)14(21)8-10)25-16(26)6-7-24-30(28,29)11-3-5-13(20)15(22)9-11/h2-5,8-9,17,24H,6-7H2,1H3,(H,23,27)(H,25,26). The van der Waals surface area contributed by atoms with Crippen LogP contribution in [0.25, 0.3) is 0 Å². The van der Waals surface area contributed by atoms with Crippen molar-refractivity contribution in [3.8, 4) is 0 Å². The fraction of sp³-hybridized carbons (Fsp3) is 0.222. The Balaban J connectivity index is 2.02. The minimum absolute atomic E-state index is 0.0241. The summed E-state index contributed by atoms with van der Waals surface area (Å²) in [5.74, 6) is -6.40. The predicted octanol–water partition coefficient (Wildman–Crippen LogP) is 1.51. The highest BCUT2D eigenvalue weighted by Gasteiger charge is 2.23. The molecule has 162 valence electrons. The topological polar surface area (TPSA) is 104 Å². The van der Waals surface area contributed by atoms with Crippen molar-refractivity contribution in [2.24, 2.45) is 0 Å². The van der Waals surface area contributed by atoms with Gasteiger partial charge in [0, 0.05) is 20.0 Å². The Hall–Kier alpha value is -2.99. The molecule has 0 aliphatic rings. The lowest BCUT2D eigenvalue weighted by molar-refractivity contribution is -0.128. The summed E-state index contributed by atoms with van der Waals surface area (Å²) in [5, 5.41) is 4.56. The van der Waals surface area contributed by atoms with Gasteiger partial charge in [0.05, 0.1) is 4.90 Å². The van der Waals surface area contributed by atoms with Crippen LogP contribution in [0.15, 0.2) is 41.3 Å². The van der Waals surface area contributed by atoms with E-state index in [4.69, 9.17) is 0 Å². The Labute approximate surface area is 169 Å². The summed E-state index contributed by atoms with van der Waals surface area (Å²) in [4.78, 5) is 23.6. The average Bonchev–Trinajstić information content (AvgIpc) is 2.69. The van der Waals surface area contributed by atoms with E-state index in [9.17, 15) is 35.6 Å². The molecular formula is C18H17F4N3O4S. The summed E-state index contributed by atoms with van der Waals surface area (Å²) in [5.41, 5.74) is -0.0241. The van der Waals surface area contributed by atoms with Gasteiger partial charge < -0.3 is 10.6 Å². The second-order valence-electron chi connectivity index (χ2n) is 6.01. The Morgan fingerprint density at radius 2 is 1.53 bits per heavy atom. The number of carbonyl (C=O) groups is 2. The number of rotatable bonds is 8. The number of benzene rings is 2. The summed E-state index contributed by atoms with van der Waals surface area (Å²) in [6, 6.07) is 3.30. The second kappa shape index (κ2) is 9.67. The fourth-order valence-electron chi connectivity index (χ4n) is 2.40. The highest BCUT2D eigenvalue weighted by molar-refractivity contribution is 7.89. The summed E-state index contributed by atoms with van der Waals surface area (Å²) < 4.78 is 78.9. The maximum Gasteiger partial charge on any atom is 0.246 e. The van der Waals surface area contributed by atoms with Crippen molar-refractivity contribution in [2.45, 2.75) is 17.4 Å². The highest BCUT2D eigenvalue weighted by atomic mass is 32.2. The number of carbonyl (C=O) groups excluding carboxylic acids is 2. The normalized spacial score (nSPS) is 12.3.